The van der Waals surface area contributed by atoms with Crippen molar-refractivity contribution in [1.29, 1.82) is 0 Å². The van der Waals surface area contributed by atoms with Gasteiger partial charge in [-0.3, -0.25) is 4.79 Å². The van der Waals surface area contributed by atoms with Gasteiger partial charge in [0.15, 0.2) is 5.69 Å². The third kappa shape index (κ3) is 2.42. The first kappa shape index (κ1) is 13.1. The summed E-state index contributed by atoms with van der Waals surface area (Å²) in [7, 11) is 1.33. The van der Waals surface area contributed by atoms with E-state index in [2.05, 4.69) is 9.97 Å². The smallest absolute Gasteiger partial charge is 0.243 e. The van der Waals surface area contributed by atoms with E-state index in [0.717, 1.165) is 6.07 Å². The highest BCUT2D eigenvalue weighted by Crippen LogP contribution is 2.20. The van der Waals surface area contributed by atoms with E-state index in [-0.39, 0.29) is 22.7 Å². The van der Waals surface area contributed by atoms with Crippen molar-refractivity contribution in [3.05, 3.63) is 53.0 Å². The van der Waals surface area contributed by atoms with Gasteiger partial charge in [-0.15, -0.1) is 0 Å². The van der Waals surface area contributed by atoms with Gasteiger partial charge in [0.2, 0.25) is 11.7 Å². The van der Waals surface area contributed by atoms with Gasteiger partial charge in [0, 0.05) is 18.5 Å². The van der Waals surface area contributed by atoms with Crippen LogP contribution < -0.4 is 4.74 Å². The molecule has 0 saturated heterocycles. The lowest BCUT2D eigenvalue weighted by Crippen LogP contribution is -2.10. The van der Waals surface area contributed by atoms with Gasteiger partial charge in [0.1, 0.15) is 11.6 Å². The molecule has 1 aromatic carbocycles. The van der Waals surface area contributed by atoms with Crippen molar-refractivity contribution in [3.8, 4) is 5.88 Å². The number of rotatable bonds is 3. The molecule has 0 radical (unpaired) electrons. The molecule has 0 aliphatic heterocycles. The van der Waals surface area contributed by atoms with Crippen molar-refractivity contribution < 1.29 is 18.3 Å². The molecule has 0 saturated carbocycles. The van der Waals surface area contributed by atoms with Gasteiger partial charge < -0.3 is 4.74 Å². The van der Waals surface area contributed by atoms with E-state index >= 15 is 0 Å². The summed E-state index contributed by atoms with van der Waals surface area (Å²) in [6.07, 6.45) is 2.64. The van der Waals surface area contributed by atoms with Gasteiger partial charge in [-0.25, -0.2) is 18.7 Å². The monoisotopic (exact) mass is 264 g/mol. The van der Waals surface area contributed by atoms with Crippen LogP contribution in [0.4, 0.5) is 8.78 Å². The summed E-state index contributed by atoms with van der Waals surface area (Å²) >= 11 is 0. The quantitative estimate of drug-likeness (QED) is 0.798. The number of hydrogen-bond donors (Lipinski definition) is 0. The van der Waals surface area contributed by atoms with Crippen LogP contribution in [0, 0.1) is 18.6 Å². The highest BCUT2D eigenvalue weighted by molar-refractivity contribution is 6.09. The summed E-state index contributed by atoms with van der Waals surface area (Å²) in [6, 6.07) is 1.81. The minimum absolute atomic E-state index is 0.00567. The number of ether oxygens (including phenoxy) is 1. The number of carbonyl (C=O) groups is 1. The Morgan fingerprint density at radius 2 is 1.84 bits per heavy atom. The topological polar surface area (TPSA) is 52.1 Å². The Morgan fingerprint density at radius 1 is 1.16 bits per heavy atom. The third-order valence-electron chi connectivity index (χ3n) is 2.57. The summed E-state index contributed by atoms with van der Waals surface area (Å²) in [5, 5.41) is 0. The summed E-state index contributed by atoms with van der Waals surface area (Å²) < 4.78 is 31.7. The fourth-order valence-corrected chi connectivity index (χ4v) is 1.59. The normalized spacial score (nSPS) is 10.3. The number of halogens is 2. The minimum Gasteiger partial charge on any atom is -0.479 e. The molecule has 1 heterocycles. The number of ketones is 1. The molecule has 2 aromatic rings. The molecule has 6 heteroatoms. The molecule has 0 spiro atoms. The zero-order chi connectivity index (χ0) is 14.0. The number of benzene rings is 1. The maximum absolute atomic E-state index is 13.7. The van der Waals surface area contributed by atoms with E-state index < -0.39 is 17.4 Å². The SMILES string of the molecule is COc1nccnc1C(=O)c1cc(C)c(F)cc1F. The first-order valence-electron chi connectivity index (χ1n) is 5.40. The lowest BCUT2D eigenvalue weighted by atomic mass is 10.0. The van der Waals surface area contributed by atoms with Gasteiger partial charge in [-0.2, -0.15) is 0 Å². The van der Waals surface area contributed by atoms with E-state index in [1.165, 1.54) is 26.4 Å². The van der Waals surface area contributed by atoms with Crippen LogP contribution in [0.25, 0.3) is 0 Å². The summed E-state index contributed by atoms with van der Waals surface area (Å²) in [5.74, 6) is -2.36. The van der Waals surface area contributed by atoms with Gasteiger partial charge in [0.05, 0.1) is 12.7 Å². The van der Waals surface area contributed by atoms with E-state index in [4.69, 9.17) is 4.74 Å². The van der Waals surface area contributed by atoms with E-state index in [0.29, 0.717) is 6.07 Å². The lowest BCUT2D eigenvalue weighted by Gasteiger charge is -2.07. The summed E-state index contributed by atoms with van der Waals surface area (Å²) in [4.78, 5) is 19.8. The molecule has 4 nitrogen and oxygen atoms in total. The predicted molar refractivity (Wildman–Crippen MR) is 63.1 cm³/mol. The van der Waals surface area contributed by atoms with Crippen LogP contribution in [0.3, 0.4) is 0 Å². The van der Waals surface area contributed by atoms with Gasteiger partial charge in [-0.1, -0.05) is 0 Å². The second-order valence-electron chi connectivity index (χ2n) is 3.82. The number of carbonyl (C=O) groups excluding carboxylic acids is 1. The zero-order valence-corrected chi connectivity index (χ0v) is 10.3. The fourth-order valence-electron chi connectivity index (χ4n) is 1.59. The van der Waals surface area contributed by atoms with Crippen molar-refractivity contribution in [2.24, 2.45) is 0 Å². The number of aryl methyl sites for hydroxylation is 1. The Bertz CT molecular complexity index is 645. The number of nitrogens with zero attached hydrogens (tertiary/aromatic N) is 2. The Hall–Kier alpha value is -2.37. The van der Waals surface area contributed by atoms with E-state index in [9.17, 15) is 13.6 Å². The highest BCUT2D eigenvalue weighted by Gasteiger charge is 2.21. The largest absolute Gasteiger partial charge is 0.479 e. The molecule has 19 heavy (non-hydrogen) atoms. The van der Waals surface area contributed by atoms with Crippen molar-refractivity contribution in [1.82, 2.24) is 9.97 Å². The molecule has 0 aliphatic carbocycles. The molecular formula is C13H10F2N2O2. The summed E-state index contributed by atoms with van der Waals surface area (Å²) in [6.45, 7) is 1.44. The van der Waals surface area contributed by atoms with Crippen LogP contribution in [-0.2, 0) is 0 Å². The Kier molecular flexibility index (Phi) is 3.50. The Labute approximate surface area is 108 Å². The predicted octanol–water partition coefficient (Wildman–Crippen LogP) is 2.30. The lowest BCUT2D eigenvalue weighted by molar-refractivity contribution is 0.102. The van der Waals surface area contributed by atoms with Crippen LogP contribution in [0.2, 0.25) is 0 Å². The Morgan fingerprint density at radius 3 is 2.53 bits per heavy atom. The molecule has 0 fully saturated rings. The van der Waals surface area contributed by atoms with Crippen molar-refractivity contribution in [3.63, 3.8) is 0 Å². The minimum atomic E-state index is -0.944. The first-order chi connectivity index (χ1) is 9.04. The molecule has 1 aromatic heterocycles. The maximum Gasteiger partial charge on any atom is 0.243 e. The fraction of sp³-hybridized carbons (Fsp3) is 0.154. The van der Waals surface area contributed by atoms with Crippen LogP contribution in [0.15, 0.2) is 24.5 Å². The molecule has 0 unspecified atom stereocenters. The average Bonchev–Trinajstić information content (AvgIpc) is 2.42. The molecule has 0 atom stereocenters. The number of methoxy groups -OCH3 is 1. The Balaban J connectivity index is 2.53. The van der Waals surface area contributed by atoms with E-state index in [1.807, 2.05) is 0 Å². The van der Waals surface area contributed by atoms with Gasteiger partial charge in [0.25, 0.3) is 0 Å². The molecular weight excluding hydrogens is 254 g/mol. The molecule has 0 aliphatic rings. The van der Waals surface area contributed by atoms with E-state index in [1.54, 1.807) is 0 Å². The second-order valence-corrected chi connectivity index (χ2v) is 3.82. The van der Waals surface area contributed by atoms with Gasteiger partial charge >= 0.3 is 0 Å². The van der Waals surface area contributed by atoms with Gasteiger partial charge in [-0.05, 0) is 18.6 Å². The maximum atomic E-state index is 13.7. The second kappa shape index (κ2) is 5.09. The van der Waals surface area contributed by atoms with Crippen molar-refractivity contribution >= 4 is 5.78 Å². The molecule has 2 rings (SSSR count). The van der Waals surface area contributed by atoms with Crippen molar-refractivity contribution in [2.45, 2.75) is 6.92 Å². The van der Waals surface area contributed by atoms with Crippen LogP contribution >= 0.6 is 0 Å². The van der Waals surface area contributed by atoms with Crippen molar-refractivity contribution in [2.75, 3.05) is 7.11 Å². The van der Waals surface area contributed by atoms with Crippen LogP contribution in [-0.4, -0.2) is 22.9 Å². The zero-order valence-electron chi connectivity index (χ0n) is 10.3. The average molecular weight is 264 g/mol. The number of aromatic nitrogens is 2. The molecule has 0 amide bonds. The standard InChI is InChI=1S/C13H10F2N2O2/c1-7-5-8(10(15)6-9(7)14)12(18)11-13(19-2)17-4-3-16-11/h3-6H,1-2H3. The highest BCUT2D eigenvalue weighted by atomic mass is 19.1. The van der Waals surface area contributed by atoms with Crippen LogP contribution in [0.1, 0.15) is 21.6 Å². The molecule has 0 N–H and O–H groups in total. The number of hydrogen-bond acceptors (Lipinski definition) is 4. The third-order valence-corrected chi connectivity index (χ3v) is 2.57. The summed E-state index contributed by atoms with van der Waals surface area (Å²) in [5.41, 5.74) is -0.208. The first-order valence-corrected chi connectivity index (χ1v) is 5.40. The molecule has 98 valence electrons. The van der Waals surface area contributed by atoms with Crippen LogP contribution in [0.5, 0.6) is 5.88 Å². The molecule has 0 bridgehead atoms.